The van der Waals surface area contributed by atoms with Crippen molar-refractivity contribution < 1.29 is 9.90 Å². The number of hydrogen-bond donors (Lipinski definition) is 3. The number of H-pyrrole nitrogens is 1. The zero-order chi connectivity index (χ0) is 13.9. The van der Waals surface area contributed by atoms with E-state index in [0.717, 1.165) is 29.8 Å². The van der Waals surface area contributed by atoms with Gasteiger partial charge in [0.25, 0.3) is 5.91 Å². The van der Waals surface area contributed by atoms with Gasteiger partial charge in [-0.15, -0.1) is 5.10 Å². The van der Waals surface area contributed by atoms with E-state index >= 15 is 0 Å². The van der Waals surface area contributed by atoms with Crippen LogP contribution in [-0.2, 0) is 13.2 Å². The van der Waals surface area contributed by atoms with Crippen LogP contribution in [0.4, 0.5) is 0 Å². The van der Waals surface area contributed by atoms with Gasteiger partial charge in [0.05, 0.1) is 6.61 Å². The Hall–Kier alpha value is -2.21. The van der Waals surface area contributed by atoms with Crippen LogP contribution in [0.1, 0.15) is 46.3 Å². The maximum absolute atomic E-state index is 11.9. The Balaban J connectivity index is 1.57. The lowest BCUT2D eigenvalue weighted by molar-refractivity contribution is 0.0941. The molecule has 0 bridgehead atoms. The predicted octanol–water partition coefficient (Wildman–Crippen LogP) is 1.10. The average Bonchev–Trinajstić information content (AvgIpc) is 3.22. The largest absolute Gasteiger partial charge is 0.392 e. The number of nitrogens with one attached hydrogen (secondary N) is 2. The summed E-state index contributed by atoms with van der Waals surface area (Å²) in [6.07, 6.45) is 2.24. The molecule has 0 spiro atoms. The minimum Gasteiger partial charge on any atom is -0.392 e. The lowest BCUT2D eigenvalue weighted by atomic mass is 10.1. The first-order valence-corrected chi connectivity index (χ1v) is 6.65. The number of benzene rings is 1. The minimum atomic E-state index is -0.278. The van der Waals surface area contributed by atoms with Gasteiger partial charge in [-0.1, -0.05) is 24.3 Å². The first-order valence-electron chi connectivity index (χ1n) is 6.65. The summed E-state index contributed by atoms with van der Waals surface area (Å²) in [6, 6.07) is 7.41. The third-order valence-electron chi connectivity index (χ3n) is 3.33. The van der Waals surface area contributed by atoms with Crippen LogP contribution in [0, 0.1) is 0 Å². The van der Waals surface area contributed by atoms with Gasteiger partial charge in [-0.3, -0.25) is 9.89 Å². The Bertz CT molecular complexity index is 602. The molecule has 3 rings (SSSR count). The molecule has 3 N–H and O–H groups in total. The molecule has 20 heavy (non-hydrogen) atoms. The van der Waals surface area contributed by atoms with Crippen molar-refractivity contribution in [3.05, 3.63) is 47.0 Å². The monoisotopic (exact) mass is 272 g/mol. The molecule has 0 unspecified atom stereocenters. The third kappa shape index (κ3) is 2.85. The van der Waals surface area contributed by atoms with Gasteiger partial charge >= 0.3 is 0 Å². The van der Waals surface area contributed by atoms with Crippen LogP contribution in [0.25, 0.3) is 0 Å². The first kappa shape index (κ1) is 12.8. The third-order valence-corrected chi connectivity index (χ3v) is 3.33. The lowest BCUT2D eigenvalue weighted by Crippen LogP contribution is -2.24. The molecule has 0 saturated heterocycles. The van der Waals surface area contributed by atoms with Gasteiger partial charge in [0.1, 0.15) is 5.82 Å². The first-order chi connectivity index (χ1) is 9.76. The fourth-order valence-corrected chi connectivity index (χ4v) is 1.94. The van der Waals surface area contributed by atoms with E-state index in [4.69, 9.17) is 5.11 Å². The summed E-state index contributed by atoms with van der Waals surface area (Å²) >= 11 is 0. The van der Waals surface area contributed by atoms with E-state index in [1.165, 1.54) is 0 Å². The van der Waals surface area contributed by atoms with E-state index in [1.807, 2.05) is 24.3 Å². The number of aliphatic hydroxyl groups excluding tert-OH is 1. The van der Waals surface area contributed by atoms with Crippen LogP contribution in [0.2, 0.25) is 0 Å². The maximum Gasteiger partial charge on any atom is 0.291 e. The molecular formula is C14H16N4O2. The average molecular weight is 272 g/mol. The van der Waals surface area contributed by atoms with Crippen LogP contribution in [0.15, 0.2) is 24.3 Å². The van der Waals surface area contributed by atoms with Crippen molar-refractivity contribution >= 4 is 5.91 Å². The van der Waals surface area contributed by atoms with Gasteiger partial charge in [-0.05, 0) is 24.0 Å². The van der Waals surface area contributed by atoms with Crippen LogP contribution >= 0.6 is 0 Å². The van der Waals surface area contributed by atoms with E-state index in [9.17, 15) is 4.79 Å². The van der Waals surface area contributed by atoms with Gasteiger partial charge in [-0.25, -0.2) is 4.98 Å². The van der Waals surface area contributed by atoms with E-state index in [2.05, 4.69) is 20.5 Å². The molecule has 104 valence electrons. The molecule has 1 aliphatic carbocycles. The number of hydrogen-bond acceptors (Lipinski definition) is 4. The second kappa shape index (κ2) is 5.42. The number of carbonyl (C=O) groups excluding carboxylic acids is 1. The van der Waals surface area contributed by atoms with E-state index in [-0.39, 0.29) is 18.3 Å². The molecule has 6 heteroatoms. The van der Waals surface area contributed by atoms with Crippen molar-refractivity contribution in [2.75, 3.05) is 0 Å². The number of carbonyl (C=O) groups is 1. The smallest absolute Gasteiger partial charge is 0.291 e. The molecule has 0 atom stereocenters. The summed E-state index contributed by atoms with van der Waals surface area (Å²) in [5.74, 6) is 1.18. The Labute approximate surface area is 116 Å². The van der Waals surface area contributed by atoms with Gasteiger partial charge in [0, 0.05) is 12.5 Å². The molecule has 2 aromatic rings. The van der Waals surface area contributed by atoms with Crippen molar-refractivity contribution in [3.8, 4) is 0 Å². The molecule has 1 saturated carbocycles. The van der Waals surface area contributed by atoms with Crippen LogP contribution < -0.4 is 5.32 Å². The molecule has 0 radical (unpaired) electrons. The topological polar surface area (TPSA) is 90.9 Å². The van der Waals surface area contributed by atoms with Gasteiger partial charge < -0.3 is 10.4 Å². The fraction of sp³-hybridized carbons (Fsp3) is 0.357. The standard InChI is InChI=1S/C14H16N4O2/c19-8-10-3-1-9(2-4-10)7-15-14(20)13-16-12(17-18-13)11-5-6-11/h1-4,11,19H,5-8H2,(H,15,20)(H,16,17,18). The number of amides is 1. The number of aliphatic hydroxyl groups is 1. The summed E-state index contributed by atoms with van der Waals surface area (Å²) in [6.45, 7) is 0.436. The maximum atomic E-state index is 11.9. The number of aromatic amines is 1. The Kier molecular flexibility index (Phi) is 3.47. The second-order valence-corrected chi connectivity index (χ2v) is 4.98. The summed E-state index contributed by atoms with van der Waals surface area (Å²) in [5, 5.41) is 18.5. The van der Waals surface area contributed by atoms with Crippen molar-refractivity contribution in [1.29, 1.82) is 0 Å². The number of nitrogens with zero attached hydrogens (tertiary/aromatic N) is 2. The van der Waals surface area contributed by atoms with E-state index in [0.29, 0.717) is 12.5 Å². The van der Waals surface area contributed by atoms with Crippen LogP contribution in [-0.4, -0.2) is 26.2 Å². The zero-order valence-corrected chi connectivity index (χ0v) is 11.0. The Morgan fingerprint density at radius 2 is 2.00 bits per heavy atom. The molecule has 1 aromatic heterocycles. The molecule has 1 fully saturated rings. The zero-order valence-electron chi connectivity index (χ0n) is 11.0. The van der Waals surface area contributed by atoms with Crippen LogP contribution in [0.5, 0.6) is 0 Å². The molecule has 6 nitrogen and oxygen atoms in total. The molecule has 1 aromatic carbocycles. The second-order valence-electron chi connectivity index (χ2n) is 4.98. The minimum absolute atomic E-state index is 0.0216. The van der Waals surface area contributed by atoms with E-state index < -0.39 is 0 Å². The molecule has 1 aliphatic rings. The van der Waals surface area contributed by atoms with Crippen LogP contribution in [0.3, 0.4) is 0 Å². The van der Waals surface area contributed by atoms with E-state index in [1.54, 1.807) is 0 Å². The molecule has 0 aliphatic heterocycles. The van der Waals surface area contributed by atoms with Crippen molar-refractivity contribution in [3.63, 3.8) is 0 Å². The summed E-state index contributed by atoms with van der Waals surface area (Å²) in [7, 11) is 0. The van der Waals surface area contributed by atoms with Gasteiger partial charge in [0.15, 0.2) is 0 Å². The van der Waals surface area contributed by atoms with Crippen molar-refractivity contribution in [2.45, 2.75) is 31.9 Å². The quantitative estimate of drug-likeness (QED) is 0.760. The summed E-state index contributed by atoms with van der Waals surface area (Å²) in [5.41, 5.74) is 1.82. The number of rotatable bonds is 5. The lowest BCUT2D eigenvalue weighted by Gasteiger charge is -2.03. The Morgan fingerprint density at radius 3 is 2.65 bits per heavy atom. The van der Waals surface area contributed by atoms with Gasteiger partial charge in [0.2, 0.25) is 5.82 Å². The molecular weight excluding hydrogens is 256 g/mol. The highest BCUT2D eigenvalue weighted by Gasteiger charge is 2.28. The molecule has 1 heterocycles. The van der Waals surface area contributed by atoms with Crippen molar-refractivity contribution in [2.24, 2.45) is 0 Å². The molecule has 1 amide bonds. The fourth-order valence-electron chi connectivity index (χ4n) is 1.94. The highest BCUT2D eigenvalue weighted by molar-refractivity contribution is 5.90. The summed E-state index contributed by atoms with van der Waals surface area (Å²) < 4.78 is 0. The Morgan fingerprint density at radius 1 is 1.30 bits per heavy atom. The SMILES string of the molecule is O=C(NCc1ccc(CO)cc1)c1n[nH]c(C2CC2)n1. The number of aromatic nitrogens is 3. The van der Waals surface area contributed by atoms with Gasteiger partial charge in [-0.2, -0.15) is 0 Å². The highest BCUT2D eigenvalue weighted by atomic mass is 16.3. The predicted molar refractivity (Wildman–Crippen MR) is 71.9 cm³/mol. The highest BCUT2D eigenvalue weighted by Crippen LogP contribution is 2.37. The normalized spacial score (nSPS) is 14.2. The van der Waals surface area contributed by atoms with Crippen molar-refractivity contribution in [1.82, 2.24) is 20.5 Å². The summed E-state index contributed by atoms with van der Waals surface area (Å²) in [4.78, 5) is 16.1.